The van der Waals surface area contributed by atoms with Gasteiger partial charge in [0, 0.05) is 36.3 Å². The van der Waals surface area contributed by atoms with Crippen LogP contribution in [0.3, 0.4) is 0 Å². The van der Waals surface area contributed by atoms with Crippen LogP contribution in [0.2, 0.25) is 0 Å². The highest BCUT2D eigenvalue weighted by Gasteiger charge is 2.32. The number of hydrogen-bond acceptors (Lipinski definition) is 6. The van der Waals surface area contributed by atoms with E-state index in [0.29, 0.717) is 12.4 Å². The highest BCUT2D eigenvalue weighted by molar-refractivity contribution is 5.92. The first-order valence-electron chi connectivity index (χ1n) is 9.39. The average Bonchev–Trinajstić information content (AvgIpc) is 3.31. The van der Waals surface area contributed by atoms with Gasteiger partial charge in [0.2, 0.25) is 5.89 Å². The van der Waals surface area contributed by atoms with Gasteiger partial charge < -0.3 is 19.4 Å². The number of aromatic nitrogens is 2. The number of pyridine rings is 1. The third kappa shape index (κ3) is 3.99. The number of nitrogens with one attached hydrogen (secondary N) is 1. The number of nitrogens with zero attached hydrogens (tertiary/aromatic N) is 3. The van der Waals surface area contributed by atoms with E-state index in [1.54, 1.807) is 12.4 Å². The molecule has 7 nitrogen and oxygen atoms in total. The Hall–Kier alpha value is -2.93. The maximum atomic E-state index is 12.4. The van der Waals surface area contributed by atoms with Crippen LogP contribution >= 0.6 is 0 Å². The molecule has 1 unspecified atom stereocenters. The summed E-state index contributed by atoms with van der Waals surface area (Å²) in [5, 5.41) is 4.95. The van der Waals surface area contributed by atoms with Crippen LogP contribution in [0.1, 0.15) is 29.7 Å². The zero-order chi connectivity index (χ0) is 19.6. The van der Waals surface area contributed by atoms with E-state index in [-0.39, 0.29) is 23.6 Å². The SMILES string of the molecule is CN1CCC(C)(CNC(=O)c2coc(COc3cccc4cnccc34)n2)C1. The van der Waals surface area contributed by atoms with Crippen molar-refractivity contribution in [3.8, 4) is 5.75 Å². The van der Waals surface area contributed by atoms with Gasteiger partial charge in [-0.3, -0.25) is 9.78 Å². The van der Waals surface area contributed by atoms with Gasteiger partial charge >= 0.3 is 0 Å². The van der Waals surface area contributed by atoms with Crippen LogP contribution in [-0.4, -0.2) is 47.5 Å². The van der Waals surface area contributed by atoms with Crippen LogP contribution in [0.4, 0.5) is 0 Å². The lowest BCUT2D eigenvalue weighted by Crippen LogP contribution is -2.37. The number of benzene rings is 1. The molecule has 0 saturated carbocycles. The Balaban J connectivity index is 1.36. The van der Waals surface area contributed by atoms with Crippen molar-refractivity contribution in [3.05, 3.63) is 54.5 Å². The highest BCUT2D eigenvalue weighted by atomic mass is 16.5. The lowest BCUT2D eigenvalue weighted by molar-refractivity contribution is 0.0929. The van der Waals surface area contributed by atoms with Gasteiger partial charge in [-0.2, -0.15) is 0 Å². The summed E-state index contributed by atoms with van der Waals surface area (Å²) in [7, 11) is 2.10. The Labute approximate surface area is 163 Å². The molecule has 2 aromatic heterocycles. The number of carbonyl (C=O) groups is 1. The normalized spacial score (nSPS) is 19.8. The summed E-state index contributed by atoms with van der Waals surface area (Å²) >= 11 is 0. The second kappa shape index (κ2) is 7.59. The fourth-order valence-electron chi connectivity index (χ4n) is 3.64. The molecular weight excluding hydrogens is 356 g/mol. The zero-order valence-electron chi connectivity index (χ0n) is 16.1. The van der Waals surface area contributed by atoms with Crippen LogP contribution in [0.15, 0.2) is 47.3 Å². The van der Waals surface area contributed by atoms with E-state index in [9.17, 15) is 4.79 Å². The minimum Gasteiger partial charge on any atom is -0.483 e. The van der Waals surface area contributed by atoms with E-state index >= 15 is 0 Å². The van der Waals surface area contributed by atoms with Gasteiger partial charge in [0.25, 0.3) is 5.91 Å². The molecule has 28 heavy (non-hydrogen) atoms. The Kier molecular flexibility index (Phi) is 5.00. The number of rotatable bonds is 6. The number of likely N-dealkylation sites (tertiary alicyclic amines) is 1. The quantitative estimate of drug-likeness (QED) is 0.708. The van der Waals surface area contributed by atoms with Gasteiger partial charge in [-0.05, 0) is 37.6 Å². The summed E-state index contributed by atoms with van der Waals surface area (Å²) in [4.78, 5) is 23.0. The molecule has 1 atom stereocenters. The van der Waals surface area contributed by atoms with E-state index in [4.69, 9.17) is 9.15 Å². The third-order valence-corrected chi connectivity index (χ3v) is 5.20. The molecule has 146 valence electrons. The maximum Gasteiger partial charge on any atom is 0.273 e. The smallest absolute Gasteiger partial charge is 0.273 e. The standard InChI is InChI=1S/C21H24N4O3/c1-21(7-9-25(2)14-21)13-23-20(26)17-11-28-19(24-17)12-27-18-5-3-4-15-10-22-8-6-16(15)18/h3-6,8,10-11H,7,9,12-14H2,1-2H3,(H,23,26). The van der Waals surface area contributed by atoms with Gasteiger partial charge in [-0.1, -0.05) is 19.1 Å². The minimum absolute atomic E-state index is 0.101. The second-order valence-corrected chi connectivity index (χ2v) is 7.75. The van der Waals surface area contributed by atoms with E-state index in [0.717, 1.165) is 36.0 Å². The average molecular weight is 380 g/mol. The van der Waals surface area contributed by atoms with Crippen LogP contribution in [0, 0.1) is 5.41 Å². The summed E-state index contributed by atoms with van der Waals surface area (Å²) in [6, 6.07) is 7.68. The molecule has 1 aliphatic heterocycles. The molecule has 4 rings (SSSR count). The number of ether oxygens (including phenoxy) is 1. The van der Waals surface area contributed by atoms with Gasteiger partial charge in [-0.15, -0.1) is 0 Å². The summed E-state index contributed by atoms with van der Waals surface area (Å²) in [5.74, 6) is 0.868. The number of oxazole rings is 1. The van der Waals surface area contributed by atoms with Crippen molar-refractivity contribution in [1.29, 1.82) is 0 Å². The van der Waals surface area contributed by atoms with E-state index in [2.05, 4.69) is 34.2 Å². The molecular formula is C21H24N4O3. The molecule has 1 aliphatic rings. The van der Waals surface area contributed by atoms with Crippen LogP contribution < -0.4 is 10.1 Å². The molecule has 0 radical (unpaired) electrons. The van der Waals surface area contributed by atoms with Crippen LogP contribution in [-0.2, 0) is 6.61 Å². The minimum atomic E-state index is -0.220. The highest BCUT2D eigenvalue weighted by Crippen LogP contribution is 2.28. The molecule has 7 heteroatoms. The molecule has 1 saturated heterocycles. The largest absolute Gasteiger partial charge is 0.483 e. The molecule has 0 bridgehead atoms. The summed E-state index contributed by atoms with van der Waals surface area (Å²) in [6.07, 6.45) is 5.97. The number of carbonyl (C=O) groups excluding carboxylic acids is 1. The topological polar surface area (TPSA) is 80.5 Å². The monoisotopic (exact) mass is 380 g/mol. The number of hydrogen-bond donors (Lipinski definition) is 1. The van der Waals surface area contributed by atoms with Crippen molar-refractivity contribution < 1.29 is 13.9 Å². The molecule has 3 heterocycles. The Morgan fingerprint density at radius 3 is 3.11 bits per heavy atom. The molecule has 0 aliphatic carbocycles. The fourth-order valence-corrected chi connectivity index (χ4v) is 3.64. The molecule has 1 aromatic carbocycles. The molecule has 1 N–H and O–H groups in total. The maximum absolute atomic E-state index is 12.4. The van der Waals surface area contributed by atoms with E-state index in [1.807, 2.05) is 24.3 Å². The molecule has 1 fully saturated rings. The van der Waals surface area contributed by atoms with Crippen molar-refractivity contribution in [2.24, 2.45) is 5.41 Å². The van der Waals surface area contributed by atoms with Crippen LogP contribution in [0.25, 0.3) is 10.8 Å². The molecule has 3 aromatic rings. The second-order valence-electron chi connectivity index (χ2n) is 7.75. The summed E-state index contributed by atoms with van der Waals surface area (Å²) < 4.78 is 11.3. The van der Waals surface area contributed by atoms with E-state index in [1.165, 1.54) is 6.26 Å². The summed E-state index contributed by atoms with van der Waals surface area (Å²) in [6.45, 7) is 5.00. The predicted octanol–water partition coefficient (Wildman–Crippen LogP) is 2.87. The van der Waals surface area contributed by atoms with Crippen molar-refractivity contribution in [1.82, 2.24) is 20.2 Å². The van der Waals surface area contributed by atoms with Crippen molar-refractivity contribution in [2.75, 3.05) is 26.7 Å². The van der Waals surface area contributed by atoms with Gasteiger partial charge in [0.1, 0.15) is 12.0 Å². The lowest BCUT2D eigenvalue weighted by atomic mass is 9.90. The third-order valence-electron chi connectivity index (χ3n) is 5.20. The predicted molar refractivity (Wildman–Crippen MR) is 105 cm³/mol. The molecule has 1 amide bonds. The lowest BCUT2D eigenvalue weighted by Gasteiger charge is -2.23. The van der Waals surface area contributed by atoms with Crippen molar-refractivity contribution in [3.63, 3.8) is 0 Å². The van der Waals surface area contributed by atoms with Gasteiger partial charge in [0.05, 0.1) is 0 Å². The van der Waals surface area contributed by atoms with E-state index < -0.39 is 0 Å². The Morgan fingerprint density at radius 2 is 2.29 bits per heavy atom. The first-order chi connectivity index (χ1) is 13.5. The van der Waals surface area contributed by atoms with Crippen molar-refractivity contribution >= 4 is 16.7 Å². The van der Waals surface area contributed by atoms with Crippen LogP contribution in [0.5, 0.6) is 5.75 Å². The number of amides is 1. The Bertz CT molecular complexity index is 981. The first kappa shape index (κ1) is 18.4. The Morgan fingerprint density at radius 1 is 1.39 bits per heavy atom. The zero-order valence-corrected chi connectivity index (χ0v) is 16.1. The summed E-state index contributed by atoms with van der Waals surface area (Å²) in [5.41, 5.74) is 0.374. The molecule has 0 spiro atoms. The first-order valence-corrected chi connectivity index (χ1v) is 9.39. The fraction of sp³-hybridized carbons (Fsp3) is 0.381. The van der Waals surface area contributed by atoms with Gasteiger partial charge in [-0.25, -0.2) is 4.98 Å². The van der Waals surface area contributed by atoms with Crippen molar-refractivity contribution in [2.45, 2.75) is 20.0 Å². The number of fused-ring (bicyclic) bond motifs is 1. The van der Waals surface area contributed by atoms with Gasteiger partial charge in [0.15, 0.2) is 12.3 Å².